The Morgan fingerprint density at radius 3 is 2.86 bits per heavy atom. The standard InChI is InChI=1S/C18H25NO2/c1-2-3-4-5-7-10-16-13-14-17(19(16)20)15-21-18-11-8-6-9-12-18/h2-3,6,8-9,11-12,17H,4-5,7,10,13-15H2,1H3/b3-2+. The Bertz CT molecular complexity index is 479. The van der Waals surface area contributed by atoms with Gasteiger partial charge in [0, 0.05) is 19.3 Å². The molecule has 1 heterocycles. The van der Waals surface area contributed by atoms with Gasteiger partial charge >= 0.3 is 0 Å². The molecule has 2 rings (SSSR count). The molecule has 0 saturated heterocycles. The van der Waals surface area contributed by atoms with E-state index in [9.17, 15) is 5.21 Å². The molecule has 1 atom stereocenters. The van der Waals surface area contributed by atoms with Gasteiger partial charge in [-0.05, 0) is 38.3 Å². The van der Waals surface area contributed by atoms with Crippen LogP contribution in [0.1, 0.15) is 45.4 Å². The molecule has 0 saturated carbocycles. The van der Waals surface area contributed by atoms with E-state index >= 15 is 0 Å². The summed E-state index contributed by atoms with van der Waals surface area (Å²) < 4.78 is 6.91. The second-order valence-corrected chi connectivity index (χ2v) is 5.52. The van der Waals surface area contributed by atoms with Crippen LogP contribution < -0.4 is 4.74 Å². The first-order chi connectivity index (χ1) is 10.3. The first-order valence-corrected chi connectivity index (χ1v) is 7.91. The number of hydrogen-bond acceptors (Lipinski definition) is 2. The van der Waals surface area contributed by atoms with Gasteiger partial charge in [-0.2, -0.15) is 0 Å². The molecule has 1 aliphatic rings. The monoisotopic (exact) mass is 287 g/mol. The molecule has 21 heavy (non-hydrogen) atoms. The molecule has 0 aromatic heterocycles. The van der Waals surface area contributed by atoms with Gasteiger partial charge in [0.15, 0.2) is 18.4 Å². The van der Waals surface area contributed by atoms with Crippen molar-refractivity contribution in [3.8, 4) is 5.75 Å². The molecule has 0 amide bonds. The van der Waals surface area contributed by atoms with Gasteiger partial charge in [0.25, 0.3) is 0 Å². The van der Waals surface area contributed by atoms with Crippen LogP contribution in [-0.4, -0.2) is 23.1 Å². The van der Waals surface area contributed by atoms with Gasteiger partial charge in [0.2, 0.25) is 0 Å². The highest BCUT2D eigenvalue weighted by Crippen LogP contribution is 2.18. The maximum Gasteiger partial charge on any atom is 0.197 e. The summed E-state index contributed by atoms with van der Waals surface area (Å²) in [4.78, 5) is 0. The molecule has 1 aromatic carbocycles. The molecule has 0 aliphatic carbocycles. The van der Waals surface area contributed by atoms with Crippen molar-refractivity contribution in [3.05, 3.63) is 47.7 Å². The van der Waals surface area contributed by atoms with Crippen molar-refractivity contribution in [2.24, 2.45) is 0 Å². The van der Waals surface area contributed by atoms with Crippen LogP contribution in [0.4, 0.5) is 0 Å². The van der Waals surface area contributed by atoms with E-state index in [0.717, 1.165) is 50.0 Å². The zero-order chi connectivity index (χ0) is 14.9. The van der Waals surface area contributed by atoms with Crippen molar-refractivity contribution in [2.45, 2.75) is 51.5 Å². The van der Waals surface area contributed by atoms with Crippen LogP contribution in [0.15, 0.2) is 42.5 Å². The molecule has 0 fully saturated rings. The smallest absolute Gasteiger partial charge is 0.197 e. The molecule has 0 spiro atoms. The maximum absolute atomic E-state index is 12.2. The van der Waals surface area contributed by atoms with Crippen LogP contribution in [0.2, 0.25) is 0 Å². The summed E-state index contributed by atoms with van der Waals surface area (Å²) in [5.74, 6) is 0.839. The van der Waals surface area contributed by atoms with Crippen LogP contribution in [-0.2, 0) is 0 Å². The van der Waals surface area contributed by atoms with Crippen molar-refractivity contribution in [1.82, 2.24) is 0 Å². The highest BCUT2D eigenvalue weighted by Gasteiger charge is 2.29. The second-order valence-electron chi connectivity index (χ2n) is 5.52. The van der Waals surface area contributed by atoms with Crippen molar-refractivity contribution in [1.29, 1.82) is 0 Å². The van der Waals surface area contributed by atoms with Crippen LogP contribution in [0, 0.1) is 5.21 Å². The van der Waals surface area contributed by atoms with Crippen molar-refractivity contribution in [3.63, 3.8) is 0 Å². The average molecular weight is 287 g/mol. The maximum atomic E-state index is 12.2. The molecular weight excluding hydrogens is 262 g/mol. The number of rotatable bonds is 8. The summed E-state index contributed by atoms with van der Waals surface area (Å²) in [5.41, 5.74) is 1.05. The van der Waals surface area contributed by atoms with E-state index in [4.69, 9.17) is 4.74 Å². The van der Waals surface area contributed by atoms with E-state index in [0.29, 0.717) is 6.61 Å². The Kier molecular flexibility index (Phi) is 6.32. The van der Waals surface area contributed by atoms with E-state index in [1.54, 1.807) is 0 Å². The van der Waals surface area contributed by atoms with Crippen LogP contribution in [0.5, 0.6) is 5.75 Å². The lowest BCUT2D eigenvalue weighted by Gasteiger charge is -2.13. The van der Waals surface area contributed by atoms with Crippen molar-refractivity contribution >= 4 is 5.71 Å². The van der Waals surface area contributed by atoms with E-state index < -0.39 is 0 Å². The van der Waals surface area contributed by atoms with Gasteiger partial charge in [0.1, 0.15) is 5.75 Å². The summed E-state index contributed by atoms with van der Waals surface area (Å²) in [5, 5.41) is 12.2. The predicted molar refractivity (Wildman–Crippen MR) is 86.9 cm³/mol. The minimum absolute atomic E-state index is 0.0178. The third-order valence-electron chi connectivity index (χ3n) is 3.92. The zero-order valence-corrected chi connectivity index (χ0v) is 12.8. The summed E-state index contributed by atoms with van der Waals surface area (Å²) in [6.45, 7) is 2.53. The molecule has 3 heteroatoms. The summed E-state index contributed by atoms with van der Waals surface area (Å²) in [7, 11) is 0. The highest BCUT2D eigenvalue weighted by molar-refractivity contribution is 5.80. The quantitative estimate of drug-likeness (QED) is 0.309. The Hall–Kier alpha value is -1.77. The van der Waals surface area contributed by atoms with Crippen molar-refractivity contribution < 1.29 is 9.48 Å². The Morgan fingerprint density at radius 1 is 1.29 bits per heavy atom. The second kappa shape index (κ2) is 8.50. The number of hydroxylamine groups is 1. The highest BCUT2D eigenvalue weighted by atomic mass is 16.5. The fourth-order valence-electron chi connectivity index (χ4n) is 2.67. The van der Waals surface area contributed by atoms with Gasteiger partial charge in [-0.3, -0.25) is 0 Å². The fourth-order valence-corrected chi connectivity index (χ4v) is 2.67. The van der Waals surface area contributed by atoms with E-state index in [2.05, 4.69) is 12.2 Å². The largest absolute Gasteiger partial charge is 0.624 e. The normalized spacial score (nSPS) is 18.6. The molecular formula is C18H25NO2. The van der Waals surface area contributed by atoms with E-state index in [1.807, 2.05) is 37.3 Å². The molecule has 0 radical (unpaired) electrons. The summed E-state index contributed by atoms with van der Waals surface area (Å²) in [6, 6.07) is 9.69. The van der Waals surface area contributed by atoms with E-state index in [1.165, 1.54) is 4.74 Å². The molecule has 1 unspecified atom stereocenters. The van der Waals surface area contributed by atoms with E-state index in [-0.39, 0.29) is 6.04 Å². The number of hydrogen-bond donors (Lipinski definition) is 0. The molecule has 0 bridgehead atoms. The topological polar surface area (TPSA) is 35.3 Å². The Labute approximate surface area is 127 Å². The van der Waals surface area contributed by atoms with Gasteiger partial charge in [-0.25, -0.2) is 4.74 Å². The minimum Gasteiger partial charge on any atom is -0.624 e. The number of unbranched alkanes of at least 4 members (excludes halogenated alkanes) is 2. The zero-order valence-electron chi connectivity index (χ0n) is 12.8. The number of ether oxygens (including phenoxy) is 1. The SMILES string of the molecule is C/C=C/CCCCC1=[N+]([O-])C(COc2ccccc2)CC1. The fraction of sp³-hybridized carbons (Fsp3) is 0.500. The summed E-state index contributed by atoms with van der Waals surface area (Å²) in [6.07, 6.45) is 10.4. The number of benzene rings is 1. The van der Waals surface area contributed by atoms with Gasteiger partial charge < -0.3 is 9.94 Å². The Balaban J connectivity index is 1.75. The molecule has 3 nitrogen and oxygen atoms in total. The van der Waals surface area contributed by atoms with Crippen LogP contribution in [0.3, 0.4) is 0 Å². The van der Waals surface area contributed by atoms with Gasteiger partial charge in [0.05, 0.1) is 0 Å². The first kappa shape index (κ1) is 15.6. The molecule has 1 aromatic rings. The van der Waals surface area contributed by atoms with Crippen molar-refractivity contribution in [2.75, 3.05) is 6.61 Å². The minimum atomic E-state index is -0.0178. The average Bonchev–Trinajstić information content (AvgIpc) is 2.87. The van der Waals surface area contributed by atoms with Crippen LogP contribution in [0.25, 0.3) is 0 Å². The summed E-state index contributed by atoms with van der Waals surface area (Å²) >= 11 is 0. The van der Waals surface area contributed by atoms with Gasteiger partial charge in [-0.1, -0.05) is 30.4 Å². The lowest BCUT2D eigenvalue weighted by Crippen LogP contribution is -2.26. The lowest BCUT2D eigenvalue weighted by molar-refractivity contribution is -0.495. The number of para-hydroxylation sites is 1. The first-order valence-electron chi connectivity index (χ1n) is 7.91. The molecule has 1 aliphatic heterocycles. The number of nitrogens with zero attached hydrogens (tertiary/aromatic N) is 1. The molecule has 114 valence electrons. The predicted octanol–water partition coefficient (Wildman–Crippen LogP) is 4.32. The molecule has 0 N–H and O–H groups in total. The van der Waals surface area contributed by atoms with Gasteiger partial charge in [-0.15, -0.1) is 0 Å². The lowest BCUT2D eigenvalue weighted by atomic mass is 10.1. The third-order valence-corrected chi connectivity index (χ3v) is 3.92. The van der Waals surface area contributed by atoms with Crippen LogP contribution >= 0.6 is 0 Å². The Morgan fingerprint density at radius 2 is 2.10 bits per heavy atom. The number of allylic oxidation sites excluding steroid dienone is 2. The third kappa shape index (κ3) is 4.92.